The van der Waals surface area contributed by atoms with E-state index in [9.17, 15) is 13.2 Å². The molecular weight excluding hydrogens is 426 g/mol. The largest absolute Gasteiger partial charge is 0.321 e. The number of carbonyl (C=O) groups is 1. The van der Waals surface area contributed by atoms with Crippen molar-refractivity contribution in [2.75, 3.05) is 18.4 Å². The monoisotopic (exact) mass is 447 g/mol. The average Bonchev–Trinajstić information content (AvgIpc) is 3.34. The van der Waals surface area contributed by atoms with Crippen molar-refractivity contribution < 1.29 is 13.2 Å². The first-order valence-corrected chi connectivity index (χ1v) is 12.6. The summed E-state index contributed by atoms with van der Waals surface area (Å²) in [4.78, 5) is 18.6. The van der Waals surface area contributed by atoms with Crippen molar-refractivity contribution in [3.05, 3.63) is 52.9 Å². The fourth-order valence-corrected chi connectivity index (χ4v) is 6.43. The summed E-state index contributed by atoms with van der Waals surface area (Å²) in [6, 6.07) is 10.4. The SMILES string of the molecule is O=C(Nc1cccc(S(=O)(=O)N2CCCCCC2)c1)c1cnc(-c2cccs2)s1. The van der Waals surface area contributed by atoms with Gasteiger partial charge >= 0.3 is 0 Å². The molecule has 1 saturated heterocycles. The molecule has 3 heterocycles. The van der Waals surface area contributed by atoms with Crippen LogP contribution in [0, 0.1) is 0 Å². The fourth-order valence-electron chi connectivity index (χ4n) is 3.25. The minimum atomic E-state index is -3.56. The number of rotatable bonds is 5. The third kappa shape index (κ3) is 4.58. The van der Waals surface area contributed by atoms with Crippen LogP contribution in [-0.2, 0) is 10.0 Å². The standard InChI is InChI=1S/C20H21N3O3S3/c24-19(18-14-21-20(28-18)17-9-6-12-27-17)22-15-7-5-8-16(13-15)29(25,26)23-10-3-1-2-4-11-23/h5-9,12-14H,1-4,10-11H2,(H,22,24). The Bertz CT molecular complexity index is 1080. The third-order valence-corrected chi connectivity index (χ3v) is 8.69. The van der Waals surface area contributed by atoms with Crippen LogP contribution in [0.1, 0.15) is 35.4 Å². The summed E-state index contributed by atoms with van der Waals surface area (Å²) in [6.45, 7) is 1.09. The van der Waals surface area contributed by atoms with E-state index < -0.39 is 10.0 Å². The Kier molecular flexibility index (Phi) is 6.09. The summed E-state index contributed by atoms with van der Waals surface area (Å²) in [6.07, 6.45) is 5.43. The maximum absolute atomic E-state index is 13.0. The summed E-state index contributed by atoms with van der Waals surface area (Å²) in [7, 11) is -3.56. The molecule has 1 aromatic carbocycles. The Hall–Kier alpha value is -2.07. The van der Waals surface area contributed by atoms with Gasteiger partial charge in [-0.3, -0.25) is 4.79 Å². The molecule has 9 heteroatoms. The Balaban J connectivity index is 1.51. The number of anilines is 1. The van der Waals surface area contributed by atoms with Gasteiger partial charge in [0.2, 0.25) is 10.0 Å². The molecule has 2 aromatic heterocycles. The molecule has 0 spiro atoms. The quantitative estimate of drug-likeness (QED) is 0.615. The molecule has 0 bridgehead atoms. The minimum Gasteiger partial charge on any atom is -0.321 e. The summed E-state index contributed by atoms with van der Waals surface area (Å²) >= 11 is 2.88. The maximum Gasteiger partial charge on any atom is 0.267 e. The van der Waals surface area contributed by atoms with Crippen LogP contribution >= 0.6 is 22.7 Å². The van der Waals surface area contributed by atoms with E-state index >= 15 is 0 Å². The minimum absolute atomic E-state index is 0.209. The zero-order chi connectivity index (χ0) is 20.3. The lowest BCUT2D eigenvalue weighted by Crippen LogP contribution is -2.32. The molecule has 4 rings (SSSR count). The smallest absolute Gasteiger partial charge is 0.267 e. The number of carbonyl (C=O) groups excluding carboxylic acids is 1. The van der Waals surface area contributed by atoms with Gasteiger partial charge in [0.15, 0.2) is 0 Å². The molecule has 0 radical (unpaired) electrons. The summed E-state index contributed by atoms with van der Waals surface area (Å²) < 4.78 is 27.5. The van der Waals surface area contributed by atoms with Gasteiger partial charge in [0.25, 0.3) is 5.91 Å². The Morgan fingerprint density at radius 2 is 1.86 bits per heavy atom. The third-order valence-electron chi connectivity index (χ3n) is 4.76. The van der Waals surface area contributed by atoms with Crippen molar-refractivity contribution in [3.8, 4) is 9.88 Å². The predicted molar refractivity (Wildman–Crippen MR) is 117 cm³/mol. The first-order valence-electron chi connectivity index (χ1n) is 9.45. The van der Waals surface area contributed by atoms with E-state index in [1.807, 2.05) is 17.5 Å². The molecule has 1 fully saturated rings. The van der Waals surface area contributed by atoms with Crippen molar-refractivity contribution in [1.82, 2.24) is 9.29 Å². The number of hydrogen-bond donors (Lipinski definition) is 1. The van der Waals surface area contributed by atoms with Crippen LogP contribution in [0.25, 0.3) is 9.88 Å². The molecule has 0 atom stereocenters. The van der Waals surface area contributed by atoms with E-state index in [1.54, 1.807) is 40.0 Å². The number of sulfonamides is 1. The second kappa shape index (κ2) is 8.74. The van der Waals surface area contributed by atoms with E-state index in [1.165, 1.54) is 17.4 Å². The number of amides is 1. The Morgan fingerprint density at radius 1 is 1.07 bits per heavy atom. The number of hydrogen-bond acceptors (Lipinski definition) is 6. The van der Waals surface area contributed by atoms with Gasteiger partial charge in [0.1, 0.15) is 9.88 Å². The van der Waals surface area contributed by atoms with E-state index in [2.05, 4.69) is 10.3 Å². The van der Waals surface area contributed by atoms with E-state index in [-0.39, 0.29) is 10.8 Å². The number of aromatic nitrogens is 1. The first-order chi connectivity index (χ1) is 14.0. The number of nitrogens with one attached hydrogen (secondary N) is 1. The molecule has 1 aliphatic rings. The molecular formula is C20H21N3O3S3. The van der Waals surface area contributed by atoms with Crippen LogP contribution in [0.4, 0.5) is 5.69 Å². The fraction of sp³-hybridized carbons (Fsp3) is 0.300. The molecule has 0 unspecified atom stereocenters. The molecule has 6 nitrogen and oxygen atoms in total. The predicted octanol–water partition coefficient (Wildman–Crippen LogP) is 4.69. The van der Waals surface area contributed by atoms with Gasteiger partial charge in [-0.05, 0) is 42.5 Å². The van der Waals surface area contributed by atoms with Gasteiger partial charge in [0.05, 0.1) is 16.0 Å². The van der Waals surface area contributed by atoms with Crippen LogP contribution in [0.15, 0.2) is 52.9 Å². The summed E-state index contributed by atoms with van der Waals surface area (Å²) in [5.41, 5.74) is 0.456. The van der Waals surface area contributed by atoms with E-state index in [4.69, 9.17) is 0 Å². The average molecular weight is 448 g/mol. The molecule has 3 aromatic rings. The van der Waals surface area contributed by atoms with Gasteiger partial charge in [-0.2, -0.15) is 4.31 Å². The summed E-state index contributed by atoms with van der Waals surface area (Å²) in [5.74, 6) is -0.297. The van der Waals surface area contributed by atoms with Crippen LogP contribution < -0.4 is 5.32 Å². The number of nitrogens with zero attached hydrogens (tertiary/aromatic N) is 2. The zero-order valence-electron chi connectivity index (χ0n) is 15.7. The molecule has 0 aliphatic carbocycles. The molecule has 1 amide bonds. The van der Waals surface area contributed by atoms with Gasteiger partial charge in [-0.15, -0.1) is 22.7 Å². The van der Waals surface area contributed by atoms with Crippen LogP contribution in [-0.4, -0.2) is 36.7 Å². The van der Waals surface area contributed by atoms with Crippen molar-refractivity contribution in [2.45, 2.75) is 30.6 Å². The molecule has 1 N–H and O–H groups in total. The van der Waals surface area contributed by atoms with E-state index in [0.29, 0.717) is 23.7 Å². The highest BCUT2D eigenvalue weighted by atomic mass is 32.2. The van der Waals surface area contributed by atoms with E-state index in [0.717, 1.165) is 35.6 Å². The van der Waals surface area contributed by atoms with Crippen molar-refractivity contribution >= 4 is 44.3 Å². The van der Waals surface area contributed by atoms with Crippen LogP contribution in [0.3, 0.4) is 0 Å². The topological polar surface area (TPSA) is 79.4 Å². The Labute approximate surface area is 178 Å². The van der Waals surface area contributed by atoms with Gasteiger partial charge < -0.3 is 5.32 Å². The highest BCUT2D eigenvalue weighted by molar-refractivity contribution is 7.89. The molecule has 1 aliphatic heterocycles. The van der Waals surface area contributed by atoms with Crippen molar-refractivity contribution in [3.63, 3.8) is 0 Å². The molecule has 29 heavy (non-hydrogen) atoms. The molecule has 152 valence electrons. The van der Waals surface area contributed by atoms with Gasteiger partial charge in [-0.25, -0.2) is 13.4 Å². The lowest BCUT2D eigenvalue weighted by Gasteiger charge is -2.20. The zero-order valence-corrected chi connectivity index (χ0v) is 18.2. The maximum atomic E-state index is 13.0. The van der Waals surface area contributed by atoms with Crippen molar-refractivity contribution in [2.24, 2.45) is 0 Å². The number of thiophene rings is 1. The second-order valence-electron chi connectivity index (χ2n) is 6.81. The lowest BCUT2D eigenvalue weighted by molar-refractivity contribution is 0.103. The summed E-state index contributed by atoms with van der Waals surface area (Å²) in [5, 5.41) is 5.56. The molecule has 0 saturated carbocycles. The second-order valence-corrected chi connectivity index (χ2v) is 10.7. The Morgan fingerprint density at radius 3 is 2.59 bits per heavy atom. The highest BCUT2D eigenvalue weighted by Crippen LogP contribution is 2.29. The number of benzene rings is 1. The first kappa shape index (κ1) is 20.2. The normalized spacial score (nSPS) is 15.7. The van der Waals surface area contributed by atoms with Crippen molar-refractivity contribution in [1.29, 1.82) is 0 Å². The van der Waals surface area contributed by atoms with Crippen LogP contribution in [0.2, 0.25) is 0 Å². The highest BCUT2D eigenvalue weighted by Gasteiger charge is 2.25. The number of thiazole rings is 1. The van der Waals surface area contributed by atoms with Crippen LogP contribution in [0.5, 0.6) is 0 Å². The lowest BCUT2D eigenvalue weighted by atomic mass is 10.2. The van der Waals surface area contributed by atoms with Gasteiger partial charge in [-0.1, -0.05) is 25.0 Å². The van der Waals surface area contributed by atoms with Gasteiger partial charge in [0, 0.05) is 18.8 Å².